The summed E-state index contributed by atoms with van der Waals surface area (Å²) in [4.78, 5) is 18.2. The van der Waals surface area contributed by atoms with E-state index in [0.717, 1.165) is 43.9 Å². The zero-order valence-corrected chi connectivity index (χ0v) is 12.6. The van der Waals surface area contributed by atoms with Crippen molar-refractivity contribution in [3.8, 4) is 0 Å². The van der Waals surface area contributed by atoms with Crippen molar-refractivity contribution in [1.82, 2.24) is 4.98 Å². The molecule has 1 aliphatic rings. The van der Waals surface area contributed by atoms with Crippen LogP contribution in [0.3, 0.4) is 0 Å². The van der Waals surface area contributed by atoms with Gasteiger partial charge in [-0.1, -0.05) is 27.2 Å². The van der Waals surface area contributed by atoms with Crippen molar-refractivity contribution in [1.29, 1.82) is 0 Å². The minimum Gasteiger partial charge on any atom is -0.478 e. The predicted molar refractivity (Wildman–Crippen MR) is 80.4 cm³/mol. The van der Waals surface area contributed by atoms with Crippen molar-refractivity contribution in [2.75, 3.05) is 18.0 Å². The third kappa shape index (κ3) is 3.50. The Morgan fingerprint density at radius 1 is 1.45 bits per heavy atom. The molecule has 0 unspecified atom stereocenters. The number of hydrogen-bond donors (Lipinski definition) is 1. The lowest BCUT2D eigenvalue weighted by Crippen LogP contribution is -2.40. The molecule has 0 amide bonds. The molecule has 0 spiro atoms. The van der Waals surface area contributed by atoms with Crippen LogP contribution >= 0.6 is 0 Å². The molecule has 0 aromatic carbocycles. The van der Waals surface area contributed by atoms with Crippen LogP contribution in [0, 0.1) is 5.41 Å². The number of aryl methyl sites for hydroxylation is 1. The van der Waals surface area contributed by atoms with E-state index >= 15 is 0 Å². The Kier molecular flexibility index (Phi) is 4.31. The smallest absolute Gasteiger partial charge is 0.335 e. The fourth-order valence-corrected chi connectivity index (χ4v) is 2.86. The van der Waals surface area contributed by atoms with Gasteiger partial charge < -0.3 is 10.0 Å². The van der Waals surface area contributed by atoms with Crippen molar-refractivity contribution in [3.63, 3.8) is 0 Å². The van der Waals surface area contributed by atoms with E-state index in [4.69, 9.17) is 0 Å². The van der Waals surface area contributed by atoms with Gasteiger partial charge in [0.25, 0.3) is 0 Å². The fourth-order valence-electron chi connectivity index (χ4n) is 2.86. The first-order chi connectivity index (χ1) is 9.41. The maximum absolute atomic E-state index is 11.3. The standard InChI is InChI=1S/C16H24N2O2/c1-4-6-13-9-12(15(19)20)10-14(17-13)18-8-5-7-16(2,3)11-18/h9-10H,4-8,11H2,1-3H3,(H,19,20). The molecule has 1 saturated heterocycles. The van der Waals surface area contributed by atoms with Gasteiger partial charge >= 0.3 is 5.97 Å². The molecule has 0 radical (unpaired) electrons. The van der Waals surface area contributed by atoms with Gasteiger partial charge in [-0.15, -0.1) is 0 Å². The average Bonchev–Trinajstić information content (AvgIpc) is 2.37. The van der Waals surface area contributed by atoms with Crippen LogP contribution in [0.15, 0.2) is 12.1 Å². The number of anilines is 1. The van der Waals surface area contributed by atoms with Gasteiger partial charge in [0.15, 0.2) is 0 Å². The maximum atomic E-state index is 11.3. The van der Waals surface area contributed by atoms with E-state index in [1.54, 1.807) is 12.1 Å². The number of aromatic carboxylic acids is 1. The molecule has 1 N–H and O–H groups in total. The molecule has 1 aliphatic heterocycles. The maximum Gasteiger partial charge on any atom is 0.335 e. The van der Waals surface area contributed by atoms with Gasteiger partial charge in [-0.05, 0) is 36.8 Å². The zero-order valence-electron chi connectivity index (χ0n) is 12.6. The molecule has 1 aromatic rings. The average molecular weight is 276 g/mol. The van der Waals surface area contributed by atoms with Crippen molar-refractivity contribution in [2.45, 2.75) is 46.5 Å². The lowest BCUT2D eigenvalue weighted by atomic mass is 9.84. The second kappa shape index (κ2) is 5.81. The Morgan fingerprint density at radius 2 is 2.20 bits per heavy atom. The van der Waals surface area contributed by atoms with Crippen LogP contribution in [0.5, 0.6) is 0 Å². The highest BCUT2D eigenvalue weighted by Crippen LogP contribution is 2.31. The molecular weight excluding hydrogens is 252 g/mol. The fraction of sp³-hybridized carbons (Fsp3) is 0.625. The lowest BCUT2D eigenvalue weighted by Gasteiger charge is -2.39. The molecule has 0 atom stereocenters. The lowest BCUT2D eigenvalue weighted by molar-refractivity contribution is 0.0696. The van der Waals surface area contributed by atoms with E-state index in [9.17, 15) is 9.90 Å². The number of nitrogens with zero attached hydrogens (tertiary/aromatic N) is 2. The van der Waals surface area contributed by atoms with Gasteiger partial charge in [-0.2, -0.15) is 0 Å². The van der Waals surface area contributed by atoms with Crippen molar-refractivity contribution < 1.29 is 9.90 Å². The monoisotopic (exact) mass is 276 g/mol. The Bertz CT molecular complexity index is 497. The molecule has 0 saturated carbocycles. The minimum atomic E-state index is -0.873. The highest BCUT2D eigenvalue weighted by Gasteiger charge is 2.27. The van der Waals surface area contributed by atoms with Gasteiger partial charge in [0.2, 0.25) is 0 Å². The van der Waals surface area contributed by atoms with Crippen LogP contribution in [0.2, 0.25) is 0 Å². The van der Waals surface area contributed by atoms with Crippen LogP contribution in [-0.2, 0) is 6.42 Å². The SMILES string of the molecule is CCCc1cc(C(=O)O)cc(N2CCCC(C)(C)C2)n1. The van der Waals surface area contributed by atoms with E-state index in [1.165, 1.54) is 6.42 Å². The van der Waals surface area contributed by atoms with Crippen LogP contribution < -0.4 is 4.90 Å². The molecule has 4 nitrogen and oxygen atoms in total. The molecule has 0 aliphatic carbocycles. The summed E-state index contributed by atoms with van der Waals surface area (Å²) in [6, 6.07) is 3.41. The van der Waals surface area contributed by atoms with Crippen LogP contribution in [0.4, 0.5) is 5.82 Å². The first-order valence-corrected chi connectivity index (χ1v) is 7.40. The Morgan fingerprint density at radius 3 is 2.80 bits per heavy atom. The number of rotatable bonds is 4. The number of piperidine rings is 1. The molecule has 0 bridgehead atoms. The quantitative estimate of drug-likeness (QED) is 0.916. The zero-order chi connectivity index (χ0) is 14.8. The summed E-state index contributed by atoms with van der Waals surface area (Å²) in [6.45, 7) is 8.50. The molecule has 1 fully saturated rings. The summed E-state index contributed by atoms with van der Waals surface area (Å²) in [7, 11) is 0. The summed E-state index contributed by atoms with van der Waals surface area (Å²) in [5.74, 6) is -0.0524. The van der Waals surface area contributed by atoms with Gasteiger partial charge in [-0.25, -0.2) is 9.78 Å². The predicted octanol–water partition coefficient (Wildman–Crippen LogP) is 3.36. The van der Waals surface area contributed by atoms with E-state index < -0.39 is 5.97 Å². The number of aromatic nitrogens is 1. The van der Waals surface area contributed by atoms with E-state index in [2.05, 4.69) is 30.7 Å². The van der Waals surface area contributed by atoms with Crippen molar-refractivity contribution >= 4 is 11.8 Å². The van der Waals surface area contributed by atoms with Crippen LogP contribution in [0.1, 0.15) is 56.1 Å². The van der Waals surface area contributed by atoms with Crippen molar-refractivity contribution in [3.05, 3.63) is 23.4 Å². The van der Waals surface area contributed by atoms with Gasteiger partial charge in [0.1, 0.15) is 5.82 Å². The third-order valence-electron chi connectivity index (χ3n) is 3.84. The Balaban J connectivity index is 2.32. The van der Waals surface area contributed by atoms with Crippen LogP contribution in [0.25, 0.3) is 0 Å². The summed E-state index contributed by atoms with van der Waals surface area (Å²) < 4.78 is 0. The summed E-state index contributed by atoms with van der Waals surface area (Å²) in [5.41, 5.74) is 1.50. The molecule has 4 heteroatoms. The highest BCUT2D eigenvalue weighted by molar-refractivity contribution is 5.88. The molecule has 1 aromatic heterocycles. The molecule has 20 heavy (non-hydrogen) atoms. The number of pyridine rings is 1. The van der Waals surface area contributed by atoms with Gasteiger partial charge in [0.05, 0.1) is 5.56 Å². The van der Waals surface area contributed by atoms with Gasteiger partial charge in [-0.3, -0.25) is 0 Å². The molecule has 110 valence electrons. The summed E-state index contributed by atoms with van der Waals surface area (Å²) in [5, 5.41) is 9.26. The highest BCUT2D eigenvalue weighted by atomic mass is 16.4. The molecule has 2 rings (SSSR count). The molecule has 2 heterocycles. The van der Waals surface area contributed by atoms with E-state index in [-0.39, 0.29) is 5.41 Å². The minimum absolute atomic E-state index is 0.268. The Labute approximate surface area is 120 Å². The molecular formula is C16H24N2O2. The number of carbonyl (C=O) groups is 1. The normalized spacial score (nSPS) is 18.1. The summed E-state index contributed by atoms with van der Waals surface area (Å²) in [6.07, 6.45) is 4.14. The summed E-state index contributed by atoms with van der Waals surface area (Å²) >= 11 is 0. The first-order valence-electron chi connectivity index (χ1n) is 7.40. The van der Waals surface area contributed by atoms with Gasteiger partial charge in [0, 0.05) is 18.8 Å². The number of carboxylic acid groups (broad SMARTS) is 1. The number of hydrogen-bond acceptors (Lipinski definition) is 3. The number of carboxylic acids is 1. The Hall–Kier alpha value is -1.58. The second-order valence-corrected chi connectivity index (χ2v) is 6.45. The third-order valence-corrected chi connectivity index (χ3v) is 3.84. The topological polar surface area (TPSA) is 53.4 Å². The van der Waals surface area contributed by atoms with Crippen LogP contribution in [-0.4, -0.2) is 29.1 Å². The van der Waals surface area contributed by atoms with E-state index in [1.807, 2.05) is 0 Å². The first kappa shape index (κ1) is 14.8. The van der Waals surface area contributed by atoms with Crippen molar-refractivity contribution in [2.24, 2.45) is 5.41 Å². The van der Waals surface area contributed by atoms with E-state index in [0.29, 0.717) is 5.56 Å². The second-order valence-electron chi connectivity index (χ2n) is 6.45. The largest absolute Gasteiger partial charge is 0.478 e.